The van der Waals surface area contributed by atoms with E-state index in [2.05, 4.69) is 41.2 Å². The van der Waals surface area contributed by atoms with Crippen molar-refractivity contribution in [3.63, 3.8) is 0 Å². The van der Waals surface area contributed by atoms with Crippen LogP contribution in [0.2, 0.25) is 0 Å². The first-order chi connectivity index (χ1) is 22.7. The third kappa shape index (κ3) is 9.32. The third-order valence-corrected chi connectivity index (χ3v) is 8.95. The maximum atomic E-state index is 13.4. The number of carbonyl (C=O) groups is 4. The molecule has 1 fully saturated rings. The minimum atomic E-state index is -0.969. The van der Waals surface area contributed by atoms with Crippen LogP contribution in [0.4, 0.5) is 4.79 Å². The monoisotopic (exact) mass is 645 g/mol. The fraction of sp³-hybridized carbons (Fsp3) is 0.459. The molecule has 10 heteroatoms. The van der Waals surface area contributed by atoms with E-state index < -0.39 is 35.6 Å². The summed E-state index contributed by atoms with van der Waals surface area (Å²) in [4.78, 5) is 52.2. The zero-order chi connectivity index (χ0) is 33.8. The van der Waals surface area contributed by atoms with Crippen LogP contribution in [-0.2, 0) is 23.9 Å². The van der Waals surface area contributed by atoms with E-state index in [0.29, 0.717) is 19.3 Å². The summed E-state index contributed by atoms with van der Waals surface area (Å²) in [6.45, 7) is 8.98. The lowest BCUT2D eigenvalue weighted by Crippen LogP contribution is -2.53. The van der Waals surface area contributed by atoms with Crippen molar-refractivity contribution in [3.8, 4) is 11.1 Å². The number of aliphatic hydroxyl groups excluding tert-OH is 1. The number of amides is 3. The zero-order valence-electron chi connectivity index (χ0n) is 27.2. The predicted molar refractivity (Wildman–Crippen MR) is 179 cm³/mol. The molecule has 0 heterocycles. The summed E-state index contributed by atoms with van der Waals surface area (Å²) in [5.74, 6) is -2.07. The van der Waals surface area contributed by atoms with E-state index in [1.54, 1.807) is 19.1 Å². The Morgan fingerprint density at radius 1 is 0.957 bits per heavy atom. The number of carbonyl (C=O) groups excluding carboxylic acids is 4. The van der Waals surface area contributed by atoms with E-state index in [1.807, 2.05) is 36.4 Å². The Hall–Kier alpha value is -4.44. The molecule has 4 N–H and O–H groups in total. The standard InChI is InChI=1S/C37H47N3O7/c1-4-6-18-32(39-36(45)46-23-31-29-16-9-7-14-27(29)28-15-8-10-17-30(28)31)35(44)47-24-37(19-11-12-20-37)40-34(43)26(13-5-2)21-33(42)38-25(3)22-41/h4-5,7-10,14-17,25-26,31-32,41H,1-2,6,11-13,18-24H2,3H3,(H,38,42)(H,39,45)(H,40,43)/t25-,26-,32+/m1/s1. The number of allylic oxidation sites excluding steroid dienone is 2. The number of aliphatic hydroxyl groups is 1. The molecule has 2 aliphatic rings. The number of benzene rings is 2. The van der Waals surface area contributed by atoms with Crippen LogP contribution in [0.5, 0.6) is 0 Å². The van der Waals surface area contributed by atoms with Crippen molar-refractivity contribution in [1.82, 2.24) is 16.0 Å². The largest absolute Gasteiger partial charge is 0.462 e. The van der Waals surface area contributed by atoms with Gasteiger partial charge in [0.2, 0.25) is 11.8 Å². The van der Waals surface area contributed by atoms with Crippen LogP contribution in [-0.4, -0.2) is 66.4 Å². The van der Waals surface area contributed by atoms with E-state index in [9.17, 15) is 24.3 Å². The number of hydrogen-bond donors (Lipinski definition) is 4. The summed E-state index contributed by atoms with van der Waals surface area (Å²) < 4.78 is 11.4. The molecule has 0 radical (unpaired) electrons. The van der Waals surface area contributed by atoms with Gasteiger partial charge in [0.25, 0.3) is 0 Å². The van der Waals surface area contributed by atoms with Crippen LogP contribution in [0, 0.1) is 5.92 Å². The first-order valence-electron chi connectivity index (χ1n) is 16.4. The Labute approximate surface area is 277 Å². The Bertz CT molecular complexity index is 1390. The molecule has 3 atom stereocenters. The van der Waals surface area contributed by atoms with Gasteiger partial charge in [-0.05, 0) is 61.3 Å². The number of rotatable bonds is 17. The van der Waals surface area contributed by atoms with Gasteiger partial charge in [0, 0.05) is 18.4 Å². The molecular formula is C37H47N3O7. The maximum absolute atomic E-state index is 13.4. The molecule has 2 aromatic rings. The summed E-state index contributed by atoms with van der Waals surface area (Å²) in [6.07, 6.45) is 6.40. The van der Waals surface area contributed by atoms with Crippen LogP contribution in [0.1, 0.15) is 75.3 Å². The molecule has 4 rings (SSSR count). The number of fused-ring (bicyclic) bond motifs is 3. The van der Waals surface area contributed by atoms with Gasteiger partial charge in [-0.1, -0.05) is 73.5 Å². The van der Waals surface area contributed by atoms with Crippen LogP contribution < -0.4 is 16.0 Å². The zero-order valence-corrected chi connectivity index (χ0v) is 27.2. The Morgan fingerprint density at radius 2 is 1.60 bits per heavy atom. The summed E-state index contributed by atoms with van der Waals surface area (Å²) in [6, 6.07) is 14.7. The quantitative estimate of drug-likeness (QED) is 0.141. The van der Waals surface area contributed by atoms with Gasteiger partial charge in [-0.25, -0.2) is 9.59 Å². The van der Waals surface area contributed by atoms with E-state index >= 15 is 0 Å². The van der Waals surface area contributed by atoms with Crippen molar-refractivity contribution < 1.29 is 33.8 Å². The molecule has 0 spiro atoms. The Kier molecular flexibility index (Phi) is 12.8. The second-order valence-corrected chi connectivity index (χ2v) is 12.5. The predicted octanol–water partition coefficient (Wildman–Crippen LogP) is 4.91. The molecular weight excluding hydrogens is 598 g/mol. The van der Waals surface area contributed by atoms with Crippen LogP contribution in [0.3, 0.4) is 0 Å². The third-order valence-electron chi connectivity index (χ3n) is 8.95. The summed E-state index contributed by atoms with van der Waals surface area (Å²) in [5, 5.41) is 17.7. The lowest BCUT2D eigenvalue weighted by atomic mass is 9.94. The molecule has 0 bridgehead atoms. The highest BCUT2D eigenvalue weighted by Crippen LogP contribution is 2.44. The number of esters is 1. The van der Waals surface area contributed by atoms with Gasteiger partial charge in [0.05, 0.1) is 18.1 Å². The first kappa shape index (κ1) is 35.4. The van der Waals surface area contributed by atoms with Gasteiger partial charge < -0.3 is 30.5 Å². The van der Waals surface area contributed by atoms with Crippen molar-refractivity contribution in [2.45, 2.75) is 81.8 Å². The van der Waals surface area contributed by atoms with Crippen molar-refractivity contribution in [2.75, 3.05) is 19.8 Å². The Balaban J connectivity index is 1.36. The van der Waals surface area contributed by atoms with Gasteiger partial charge in [-0.3, -0.25) is 9.59 Å². The molecule has 0 unspecified atom stereocenters. The summed E-state index contributed by atoms with van der Waals surface area (Å²) >= 11 is 0. The lowest BCUT2D eigenvalue weighted by molar-refractivity contribution is -0.149. The average Bonchev–Trinajstić information content (AvgIpc) is 3.66. The van der Waals surface area contributed by atoms with Crippen molar-refractivity contribution >= 4 is 23.9 Å². The van der Waals surface area contributed by atoms with Crippen molar-refractivity contribution in [3.05, 3.63) is 85.0 Å². The molecule has 0 aliphatic heterocycles. The van der Waals surface area contributed by atoms with E-state index in [0.717, 1.165) is 35.1 Å². The molecule has 0 aromatic heterocycles. The summed E-state index contributed by atoms with van der Waals surface area (Å²) in [5.41, 5.74) is 3.63. The van der Waals surface area contributed by atoms with Crippen LogP contribution >= 0.6 is 0 Å². The topological polar surface area (TPSA) is 143 Å². The van der Waals surface area contributed by atoms with E-state index in [4.69, 9.17) is 9.47 Å². The minimum absolute atomic E-state index is 0.0637. The highest BCUT2D eigenvalue weighted by molar-refractivity contribution is 5.87. The lowest BCUT2D eigenvalue weighted by Gasteiger charge is -2.32. The molecule has 0 saturated heterocycles. The van der Waals surface area contributed by atoms with Crippen molar-refractivity contribution in [1.29, 1.82) is 0 Å². The smallest absolute Gasteiger partial charge is 0.407 e. The van der Waals surface area contributed by atoms with Gasteiger partial charge in [-0.2, -0.15) is 0 Å². The Morgan fingerprint density at radius 3 is 2.19 bits per heavy atom. The molecule has 47 heavy (non-hydrogen) atoms. The normalized spacial score (nSPS) is 16.5. The average molecular weight is 646 g/mol. The number of hydrogen-bond acceptors (Lipinski definition) is 7. The van der Waals surface area contributed by atoms with Gasteiger partial charge in [0.15, 0.2) is 0 Å². The first-order valence-corrected chi connectivity index (χ1v) is 16.4. The SMILES string of the molecule is C=CCC[C@H](NC(=O)OCC1c2ccccc2-c2ccccc21)C(=O)OCC1(NC(=O)[C@H](CC=C)CC(=O)N[C@H](C)CO)CCCC1. The highest BCUT2D eigenvalue weighted by atomic mass is 16.6. The number of alkyl carbamates (subject to hydrolysis) is 1. The van der Waals surface area contributed by atoms with Crippen LogP contribution in [0.25, 0.3) is 11.1 Å². The number of ether oxygens (including phenoxy) is 2. The van der Waals surface area contributed by atoms with Crippen molar-refractivity contribution in [2.24, 2.45) is 5.92 Å². The molecule has 10 nitrogen and oxygen atoms in total. The molecule has 3 amide bonds. The minimum Gasteiger partial charge on any atom is -0.462 e. The van der Waals surface area contributed by atoms with Gasteiger partial charge in [0.1, 0.15) is 19.3 Å². The molecule has 252 valence electrons. The fourth-order valence-electron chi connectivity index (χ4n) is 6.43. The fourth-order valence-corrected chi connectivity index (χ4v) is 6.43. The molecule has 2 aliphatic carbocycles. The molecule has 2 aromatic carbocycles. The second-order valence-electron chi connectivity index (χ2n) is 12.5. The van der Waals surface area contributed by atoms with Gasteiger partial charge in [-0.15, -0.1) is 13.2 Å². The summed E-state index contributed by atoms with van der Waals surface area (Å²) in [7, 11) is 0. The highest BCUT2D eigenvalue weighted by Gasteiger charge is 2.39. The maximum Gasteiger partial charge on any atom is 0.407 e. The second kappa shape index (κ2) is 16.9. The van der Waals surface area contributed by atoms with E-state index in [1.165, 1.54) is 0 Å². The molecule has 1 saturated carbocycles. The van der Waals surface area contributed by atoms with E-state index in [-0.39, 0.29) is 56.8 Å². The van der Waals surface area contributed by atoms with Gasteiger partial charge >= 0.3 is 12.1 Å². The van der Waals surface area contributed by atoms with Crippen LogP contribution in [0.15, 0.2) is 73.8 Å². The number of nitrogens with one attached hydrogen (secondary N) is 3.